The van der Waals surface area contributed by atoms with Crippen LogP contribution in [0.5, 0.6) is 0 Å². The Morgan fingerprint density at radius 3 is 2.60 bits per heavy atom. The van der Waals surface area contributed by atoms with Gasteiger partial charge in [0, 0.05) is 61.8 Å². The maximum atomic E-state index is 12.2. The van der Waals surface area contributed by atoms with Gasteiger partial charge in [-0.15, -0.1) is 0 Å². The first-order valence-electron chi connectivity index (χ1n) is 11.9. The molecule has 7 nitrogen and oxygen atoms in total. The van der Waals surface area contributed by atoms with Crippen LogP contribution in [-0.2, 0) is 35.4 Å². The fourth-order valence-corrected chi connectivity index (χ4v) is 5.06. The lowest BCUT2D eigenvalue weighted by molar-refractivity contribution is -0.0799. The summed E-state index contributed by atoms with van der Waals surface area (Å²) in [5, 5.41) is 4.76. The molecule has 0 unspecified atom stereocenters. The summed E-state index contributed by atoms with van der Waals surface area (Å²) in [4.78, 5) is 24.2. The molecule has 0 saturated carbocycles. The van der Waals surface area contributed by atoms with Crippen molar-refractivity contribution in [1.82, 2.24) is 14.5 Å². The van der Waals surface area contributed by atoms with E-state index in [-0.39, 0.29) is 11.2 Å². The van der Waals surface area contributed by atoms with Crippen molar-refractivity contribution in [3.05, 3.63) is 98.2 Å². The van der Waals surface area contributed by atoms with Gasteiger partial charge in [0.2, 0.25) is 0 Å². The number of aryl methyl sites for hydroxylation is 1. The fraction of sp³-hybridized carbons (Fsp3) is 0.370. The number of ether oxygens (including phenoxy) is 1. The van der Waals surface area contributed by atoms with Gasteiger partial charge in [0.15, 0.2) is 0 Å². The van der Waals surface area contributed by atoms with Crippen LogP contribution in [0.4, 0.5) is 0 Å². The van der Waals surface area contributed by atoms with Crippen molar-refractivity contribution in [1.29, 1.82) is 0 Å². The monoisotopic (exact) mass is 492 g/mol. The normalized spacial score (nSPS) is 17.5. The molecule has 0 amide bonds. The summed E-state index contributed by atoms with van der Waals surface area (Å²) < 4.78 is 7.90. The molecule has 182 valence electrons. The Bertz CT molecular complexity index is 1280. The zero-order chi connectivity index (χ0) is 24.4. The van der Waals surface area contributed by atoms with Crippen LogP contribution >= 0.6 is 11.6 Å². The summed E-state index contributed by atoms with van der Waals surface area (Å²) in [5.74, 6) is 0. The van der Waals surface area contributed by atoms with Crippen molar-refractivity contribution >= 4 is 17.3 Å². The lowest BCUT2D eigenvalue weighted by Crippen LogP contribution is -2.42. The first-order chi connectivity index (χ1) is 17.0. The second kappa shape index (κ2) is 9.93. The summed E-state index contributed by atoms with van der Waals surface area (Å²) in [6, 6.07) is 13.8. The van der Waals surface area contributed by atoms with Crippen LogP contribution in [0.15, 0.2) is 64.8 Å². The number of aromatic nitrogens is 2. The summed E-state index contributed by atoms with van der Waals surface area (Å²) in [6.45, 7) is 5.68. The second-order valence-corrected chi connectivity index (χ2v) is 9.53. The van der Waals surface area contributed by atoms with Crippen LogP contribution in [0, 0.1) is 0 Å². The van der Waals surface area contributed by atoms with Gasteiger partial charge in [-0.2, -0.15) is 0 Å². The van der Waals surface area contributed by atoms with Gasteiger partial charge in [0.1, 0.15) is 17.5 Å². The van der Waals surface area contributed by atoms with Crippen molar-refractivity contribution in [3.63, 3.8) is 0 Å². The van der Waals surface area contributed by atoms with Crippen molar-refractivity contribution in [2.24, 2.45) is 12.2 Å². The smallest absolute Gasteiger partial charge is 0.250 e. The Kier molecular flexibility index (Phi) is 6.73. The number of hydrogen-bond acceptors (Lipinski definition) is 6. The van der Waals surface area contributed by atoms with E-state index in [2.05, 4.69) is 39.3 Å². The molecule has 3 aromatic rings. The number of likely N-dealkylation sites (tertiary alicyclic amines) is 1. The van der Waals surface area contributed by atoms with Gasteiger partial charge in [0.05, 0.1) is 12.2 Å². The van der Waals surface area contributed by atoms with Gasteiger partial charge in [-0.1, -0.05) is 41.0 Å². The molecule has 35 heavy (non-hydrogen) atoms. The maximum Gasteiger partial charge on any atom is 0.250 e. The van der Waals surface area contributed by atoms with Gasteiger partial charge in [-0.3, -0.25) is 9.69 Å². The summed E-state index contributed by atoms with van der Waals surface area (Å²) in [7, 11) is 1.79. The molecule has 0 aliphatic carbocycles. The zero-order valence-electron chi connectivity index (χ0n) is 20.0. The maximum absolute atomic E-state index is 12.2. The quantitative estimate of drug-likeness (QED) is 0.292. The zero-order valence-corrected chi connectivity index (χ0v) is 20.8. The van der Waals surface area contributed by atoms with Crippen molar-refractivity contribution < 1.29 is 9.57 Å². The molecular weight excluding hydrogens is 464 g/mol. The number of piperidine rings is 1. The highest BCUT2D eigenvalue weighted by Gasteiger charge is 2.43. The topological polar surface area (TPSA) is 69.0 Å². The largest absolute Gasteiger partial charge is 0.396 e. The summed E-state index contributed by atoms with van der Waals surface area (Å²) in [6.07, 6.45) is 5.40. The molecule has 0 atom stereocenters. The highest BCUT2D eigenvalue weighted by molar-refractivity contribution is 6.29. The molecule has 0 radical (unpaired) electrons. The minimum Gasteiger partial charge on any atom is -0.396 e. The van der Waals surface area contributed by atoms with Gasteiger partial charge in [-0.05, 0) is 43.0 Å². The Morgan fingerprint density at radius 2 is 1.91 bits per heavy atom. The molecule has 2 aromatic heterocycles. The molecule has 1 fully saturated rings. The van der Waals surface area contributed by atoms with E-state index in [1.807, 2.05) is 19.2 Å². The number of pyridine rings is 2. The standard InChI is InChI=1S/C27H29ClN4O3/c1-3-35-30-26(21-8-9-24(28)29-15-21)20-6-4-19(5-7-20)16-32-12-10-27(11-13-32)23-14-25(33)31(2)17-22(23)18-34-27/h4-9,14-15,17H,3,10-13,16,18H2,1-2H3/b30-26-. The molecular formula is C27H29ClN4O3. The predicted molar refractivity (Wildman–Crippen MR) is 136 cm³/mol. The molecule has 4 heterocycles. The minimum atomic E-state index is -0.319. The predicted octanol–water partition coefficient (Wildman–Crippen LogP) is 4.24. The van der Waals surface area contributed by atoms with E-state index < -0.39 is 0 Å². The Balaban J connectivity index is 1.26. The highest BCUT2D eigenvalue weighted by atomic mass is 35.5. The third-order valence-corrected chi connectivity index (χ3v) is 7.11. The van der Waals surface area contributed by atoms with Gasteiger partial charge < -0.3 is 14.1 Å². The van der Waals surface area contributed by atoms with E-state index in [4.69, 9.17) is 21.2 Å². The van der Waals surface area contributed by atoms with Crippen LogP contribution in [-0.4, -0.2) is 39.9 Å². The molecule has 2 aliphatic heterocycles. The van der Waals surface area contributed by atoms with Crippen molar-refractivity contribution in [3.8, 4) is 0 Å². The van der Waals surface area contributed by atoms with Gasteiger partial charge in [-0.25, -0.2) is 4.98 Å². The number of hydrogen-bond donors (Lipinski definition) is 0. The Labute approximate surface area is 209 Å². The third kappa shape index (κ3) is 4.89. The van der Waals surface area contributed by atoms with Gasteiger partial charge in [0.25, 0.3) is 5.56 Å². The first-order valence-corrected chi connectivity index (χ1v) is 12.3. The third-order valence-electron chi connectivity index (χ3n) is 6.89. The lowest BCUT2D eigenvalue weighted by Gasteiger charge is -2.39. The molecule has 1 spiro atoms. The number of halogens is 1. The number of oxime groups is 1. The van der Waals surface area contributed by atoms with E-state index >= 15 is 0 Å². The Morgan fingerprint density at radius 1 is 1.17 bits per heavy atom. The first kappa shape index (κ1) is 23.7. The molecule has 8 heteroatoms. The number of benzene rings is 1. The summed E-state index contributed by atoms with van der Waals surface area (Å²) >= 11 is 5.95. The van der Waals surface area contributed by atoms with Crippen LogP contribution < -0.4 is 5.56 Å². The molecule has 1 aromatic carbocycles. The molecule has 0 N–H and O–H groups in total. The van der Waals surface area contributed by atoms with Crippen LogP contribution in [0.1, 0.15) is 47.6 Å². The summed E-state index contributed by atoms with van der Waals surface area (Å²) in [5.41, 5.74) is 5.70. The molecule has 0 bridgehead atoms. The van der Waals surface area contributed by atoms with Crippen molar-refractivity contribution in [2.75, 3.05) is 19.7 Å². The van der Waals surface area contributed by atoms with Crippen LogP contribution in [0.3, 0.4) is 0 Å². The van der Waals surface area contributed by atoms with E-state index in [1.165, 1.54) is 5.56 Å². The minimum absolute atomic E-state index is 0.0257. The van der Waals surface area contributed by atoms with E-state index in [9.17, 15) is 4.79 Å². The molecule has 2 aliphatic rings. The van der Waals surface area contributed by atoms with Crippen LogP contribution in [0.25, 0.3) is 0 Å². The fourth-order valence-electron chi connectivity index (χ4n) is 4.95. The second-order valence-electron chi connectivity index (χ2n) is 9.14. The van der Waals surface area contributed by atoms with Crippen molar-refractivity contribution in [2.45, 2.75) is 38.5 Å². The van der Waals surface area contributed by atoms with E-state index in [0.717, 1.165) is 60.4 Å². The molecule has 1 saturated heterocycles. The average molecular weight is 493 g/mol. The number of rotatable bonds is 6. The Hall–Kier alpha value is -3.00. The molecule has 5 rings (SSSR count). The average Bonchev–Trinajstić information content (AvgIpc) is 3.20. The highest BCUT2D eigenvalue weighted by Crippen LogP contribution is 2.43. The lowest BCUT2D eigenvalue weighted by atomic mass is 9.84. The SMILES string of the molecule is CCO/N=C(/c1ccc(CN2CCC3(CC2)OCc2cn(C)c(=O)cc23)cc1)c1ccc(Cl)nc1. The van der Waals surface area contributed by atoms with E-state index in [1.54, 1.807) is 29.9 Å². The number of fused-ring (bicyclic) bond motifs is 2. The number of nitrogens with zero attached hydrogens (tertiary/aromatic N) is 4. The van der Waals surface area contributed by atoms with Crippen LogP contribution in [0.2, 0.25) is 5.15 Å². The van der Waals surface area contributed by atoms with E-state index in [0.29, 0.717) is 18.4 Å². The van der Waals surface area contributed by atoms with Gasteiger partial charge >= 0.3 is 0 Å².